The van der Waals surface area contributed by atoms with Crippen molar-refractivity contribution in [3.05, 3.63) is 35.4 Å². The standard InChI is InChI=1S/C8H8O2.Cu/c1-6-2-4-7(5-3-6)8(9)10;/h2-5H,1H3,(H,9,10);. The van der Waals surface area contributed by atoms with Crippen molar-refractivity contribution in [2.75, 3.05) is 0 Å². The van der Waals surface area contributed by atoms with Crippen LogP contribution >= 0.6 is 0 Å². The molecule has 0 spiro atoms. The number of rotatable bonds is 1. The third-order valence-electron chi connectivity index (χ3n) is 1.30. The number of carbonyl (C=O) groups is 1. The van der Waals surface area contributed by atoms with E-state index in [0.717, 1.165) is 5.56 Å². The molecule has 1 radical (unpaired) electrons. The Kier molecular flexibility index (Phi) is 3.86. The largest absolute Gasteiger partial charge is 0.478 e. The zero-order chi connectivity index (χ0) is 7.56. The summed E-state index contributed by atoms with van der Waals surface area (Å²) in [6.45, 7) is 1.92. The molecule has 11 heavy (non-hydrogen) atoms. The van der Waals surface area contributed by atoms with Gasteiger partial charge in [0.2, 0.25) is 0 Å². The van der Waals surface area contributed by atoms with Crippen LogP contribution in [0.2, 0.25) is 0 Å². The Morgan fingerprint density at radius 3 is 2.09 bits per heavy atom. The van der Waals surface area contributed by atoms with E-state index in [1.807, 2.05) is 6.92 Å². The van der Waals surface area contributed by atoms with E-state index in [9.17, 15) is 4.79 Å². The third-order valence-corrected chi connectivity index (χ3v) is 1.30. The monoisotopic (exact) mass is 199 g/mol. The Hall–Kier alpha value is -0.791. The van der Waals surface area contributed by atoms with E-state index in [-0.39, 0.29) is 17.1 Å². The van der Waals surface area contributed by atoms with Gasteiger partial charge in [-0.15, -0.1) is 0 Å². The Bertz CT molecular complexity index is 241. The number of hydrogen-bond donors (Lipinski definition) is 1. The van der Waals surface area contributed by atoms with Crippen molar-refractivity contribution >= 4 is 5.97 Å². The molecule has 1 rings (SSSR count). The van der Waals surface area contributed by atoms with Crippen LogP contribution in [-0.2, 0) is 17.1 Å². The van der Waals surface area contributed by atoms with E-state index in [1.165, 1.54) is 0 Å². The SMILES string of the molecule is Cc1ccc(C(=O)O)cc1.[Cu]. The predicted octanol–water partition coefficient (Wildman–Crippen LogP) is 1.69. The van der Waals surface area contributed by atoms with Crippen LogP contribution in [0.25, 0.3) is 0 Å². The van der Waals surface area contributed by atoms with Crippen LogP contribution < -0.4 is 0 Å². The summed E-state index contributed by atoms with van der Waals surface area (Å²) in [7, 11) is 0. The quantitative estimate of drug-likeness (QED) is 0.699. The predicted molar refractivity (Wildman–Crippen MR) is 38.1 cm³/mol. The second-order valence-electron chi connectivity index (χ2n) is 2.17. The fourth-order valence-corrected chi connectivity index (χ4v) is 0.696. The zero-order valence-corrected chi connectivity index (χ0v) is 6.91. The number of aryl methyl sites for hydroxylation is 1. The first-order valence-corrected chi connectivity index (χ1v) is 3.00. The van der Waals surface area contributed by atoms with Gasteiger partial charge in [-0.2, -0.15) is 0 Å². The molecule has 0 saturated carbocycles. The van der Waals surface area contributed by atoms with Crippen LogP contribution in [-0.4, -0.2) is 11.1 Å². The number of hydrogen-bond acceptors (Lipinski definition) is 1. The maximum atomic E-state index is 10.3. The molecule has 0 heterocycles. The fraction of sp³-hybridized carbons (Fsp3) is 0.125. The Balaban J connectivity index is 0.000001000. The molecule has 63 valence electrons. The molecule has 0 amide bonds. The third kappa shape index (κ3) is 2.74. The fourth-order valence-electron chi connectivity index (χ4n) is 0.696. The van der Waals surface area contributed by atoms with Gasteiger partial charge in [-0.3, -0.25) is 0 Å². The first-order valence-electron chi connectivity index (χ1n) is 3.00. The molecule has 0 aliphatic rings. The maximum absolute atomic E-state index is 10.3. The average Bonchev–Trinajstić information content (AvgIpc) is 1.88. The number of aromatic carboxylic acids is 1. The smallest absolute Gasteiger partial charge is 0.335 e. The summed E-state index contributed by atoms with van der Waals surface area (Å²) in [5, 5.41) is 8.48. The Morgan fingerprint density at radius 1 is 1.27 bits per heavy atom. The average molecular weight is 200 g/mol. The molecule has 1 aromatic carbocycles. The van der Waals surface area contributed by atoms with Gasteiger partial charge in [-0.25, -0.2) is 4.79 Å². The number of benzene rings is 1. The van der Waals surface area contributed by atoms with Gasteiger partial charge in [0, 0.05) is 17.1 Å². The van der Waals surface area contributed by atoms with Crippen molar-refractivity contribution < 1.29 is 27.0 Å². The summed E-state index contributed by atoms with van der Waals surface area (Å²) in [6, 6.07) is 6.75. The summed E-state index contributed by atoms with van der Waals surface area (Å²) in [4.78, 5) is 10.3. The van der Waals surface area contributed by atoms with Crippen LogP contribution in [0.5, 0.6) is 0 Å². The van der Waals surface area contributed by atoms with Gasteiger partial charge in [0.1, 0.15) is 0 Å². The minimum absolute atomic E-state index is 0. The maximum Gasteiger partial charge on any atom is 0.335 e. The molecule has 0 aliphatic heterocycles. The second-order valence-corrected chi connectivity index (χ2v) is 2.17. The molecule has 1 aromatic rings. The van der Waals surface area contributed by atoms with E-state index in [0.29, 0.717) is 5.56 Å². The summed E-state index contributed by atoms with van der Waals surface area (Å²) < 4.78 is 0. The normalized spacial score (nSPS) is 8.45. The number of carboxylic acid groups (broad SMARTS) is 1. The molecule has 3 heteroatoms. The van der Waals surface area contributed by atoms with Crippen molar-refractivity contribution in [3.8, 4) is 0 Å². The Morgan fingerprint density at radius 2 is 1.73 bits per heavy atom. The molecule has 0 saturated heterocycles. The van der Waals surface area contributed by atoms with Crippen molar-refractivity contribution in [1.82, 2.24) is 0 Å². The first-order chi connectivity index (χ1) is 4.70. The number of carboxylic acids is 1. The van der Waals surface area contributed by atoms with Gasteiger partial charge in [0.05, 0.1) is 5.56 Å². The van der Waals surface area contributed by atoms with Crippen molar-refractivity contribution in [2.45, 2.75) is 6.92 Å². The molecular formula is C8H8CuO2. The molecule has 0 aromatic heterocycles. The summed E-state index contributed by atoms with van der Waals surface area (Å²) >= 11 is 0. The van der Waals surface area contributed by atoms with Crippen LogP contribution in [0.15, 0.2) is 24.3 Å². The van der Waals surface area contributed by atoms with E-state index in [4.69, 9.17) is 5.11 Å². The summed E-state index contributed by atoms with van der Waals surface area (Å²) in [5.74, 6) is -0.875. The summed E-state index contributed by atoms with van der Waals surface area (Å²) in [6.07, 6.45) is 0. The molecular weight excluding hydrogens is 192 g/mol. The van der Waals surface area contributed by atoms with Crippen LogP contribution in [0, 0.1) is 6.92 Å². The van der Waals surface area contributed by atoms with Crippen molar-refractivity contribution in [1.29, 1.82) is 0 Å². The zero-order valence-electron chi connectivity index (χ0n) is 5.97. The van der Waals surface area contributed by atoms with Crippen molar-refractivity contribution in [3.63, 3.8) is 0 Å². The van der Waals surface area contributed by atoms with Crippen LogP contribution in [0.1, 0.15) is 15.9 Å². The molecule has 0 bridgehead atoms. The van der Waals surface area contributed by atoms with Gasteiger partial charge >= 0.3 is 5.97 Å². The molecule has 2 nitrogen and oxygen atoms in total. The van der Waals surface area contributed by atoms with Crippen LogP contribution in [0.4, 0.5) is 0 Å². The van der Waals surface area contributed by atoms with E-state index < -0.39 is 5.97 Å². The topological polar surface area (TPSA) is 37.3 Å². The Labute approximate surface area is 75.7 Å². The van der Waals surface area contributed by atoms with Crippen molar-refractivity contribution in [2.24, 2.45) is 0 Å². The molecule has 0 unspecified atom stereocenters. The summed E-state index contributed by atoms with van der Waals surface area (Å²) in [5.41, 5.74) is 1.41. The van der Waals surface area contributed by atoms with Gasteiger partial charge in [0.25, 0.3) is 0 Å². The molecule has 0 aliphatic carbocycles. The minimum Gasteiger partial charge on any atom is -0.478 e. The van der Waals surface area contributed by atoms with E-state index >= 15 is 0 Å². The van der Waals surface area contributed by atoms with Gasteiger partial charge < -0.3 is 5.11 Å². The van der Waals surface area contributed by atoms with Gasteiger partial charge in [-0.1, -0.05) is 17.7 Å². The van der Waals surface area contributed by atoms with Gasteiger partial charge in [-0.05, 0) is 19.1 Å². The van der Waals surface area contributed by atoms with E-state index in [2.05, 4.69) is 0 Å². The van der Waals surface area contributed by atoms with Crippen LogP contribution in [0.3, 0.4) is 0 Å². The second kappa shape index (κ2) is 4.16. The van der Waals surface area contributed by atoms with Gasteiger partial charge in [0.15, 0.2) is 0 Å². The molecule has 1 N–H and O–H groups in total. The molecule has 0 atom stereocenters. The molecule has 0 fully saturated rings. The first kappa shape index (κ1) is 10.2. The minimum atomic E-state index is -0.875. The van der Waals surface area contributed by atoms with E-state index in [1.54, 1.807) is 24.3 Å².